The highest BCUT2D eigenvalue weighted by atomic mass is 16.5. The minimum absolute atomic E-state index is 0.263. The fourth-order valence-corrected chi connectivity index (χ4v) is 2.84. The number of anilines is 1. The van der Waals surface area contributed by atoms with Crippen LogP contribution in [-0.2, 0) is 11.3 Å². The van der Waals surface area contributed by atoms with Gasteiger partial charge in [0.2, 0.25) is 0 Å². The van der Waals surface area contributed by atoms with Crippen LogP contribution in [0.4, 0.5) is 5.82 Å². The number of nitrogens with two attached hydrogens (primary N) is 1. The number of ether oxygens (including phenoxy) is 1. The Morgan fingerprint density at radius 1 is 1.32 bits per heavy atom. The van der Waals surface area contributed by atoms with Crippen molar-refractivity contribution in [3.63, 3.8) is 0 Å². The number of hydrogen-bond donors (Lipinski definition) is 1. The molecule has 4 rings (SSSR count). The highest BCUT2D eigenvalue weighted by Gasteiger charge is 2.23. The number of para-hydroxylation sites is 1. The summed E-state index contributed by atoms with van der Waals surface area (Å²) in [4.78, 5) is 9.04. The molecule has 2 aromatic heterocycles. The number of imidazole rings is 1. The van der Waals surface area contributed by atoms with Gasteiger partial charge in [-0.25, -0.2) is 9.97 Å². The maximum absolute atomic E-state index is 6.05. The molecule has 19 heavy (non-hydrogen) atoms. The number of nitrogen functional groups attached to an aromatic ring is 1. The Morgan fingerprint density at radius 2 is 2.16 bits per heavy atom. The number of nitrogens with zero attached hydrogens (tertiary/aromatic N) is 3. The first kappa shape index (κ1) is 10.8. The van der Waals surface area contributed by atoms with E-state index in [9.17, 15) is 0 Å². The molecule has 96 valence electrons. The lowest BCUT2D eigenvalue weighted by atomic mass is 10.1. The summed E-state index contributed by atoms with van der Waals surface area (Å²) in [7, 11) is 0. The molecule has 2 N–H and O–H groups in total. The number of pyridine rings is 1. The van der Waals surface area contributed by atoms with Gasteiger partial charge in [-0.15, -0.1) is 0 Å². The second-order valence-electron chi connectivity index (χ2n) is 4.97. The van der Waals surface area contributed by atoms with Crippen LogP contribution in [0.15, 0.2) is 24.3 Å². The molecule has 0 aliphatic carbocycles. The fraction of sp³-hybridized carbons (Fsp3) is 0.286. The summed E-state index contributed by atoms with van der Waals surface area (Å²) in [6.07, 6.45) is 0. The van der Waals surface area contributed by atoms with Gasteiger partial charge in [-0.05, 0) is 13.0 Å². The molecule has 0 spiro atoms. The van der Waals surface area contributed by atoms with Crippen molar-refractivity contribution in [1.82, 2.24) is 14.5 Å². The van der Waals surface area contributed by atoms with E-state index in [0.29, 0.717) is 19.0 Å². The van der Waals surface area contributed by atoms with Crippen molar-refractivity contribution in [2.45, 2.75) is 19.6 Å². The van der Waals surface area contributed by atoms with Gasteiger partial charge in [0.05, 0.1) is 23.7 Å². The summed E-state index contributed by atoms with van der Waals surface area (Å²) in [5, 5.41) is 1.10. The minimum atomic E-state index is 0.263. The molecule has 0 saturated heterocycles. The average molecular weight is 254 g/mol. The Bertz CT molecular complexity index is 793. The Morgan fingerprint density at radius 3 is 3.05 bits per heavy atom. The summed E-state index contributed by atoms with van der Waals surface area (Å²) in [5.41, 5.74) is 8.82. The van der Waals surface area contributed by atoms with Gasteiger partial charge in [0, 0.05) is 5.39 Å². The Kier molecular flexibility index (Phi) is 2.08. The van der Waals surface area contributed by atoms with E-state index in [4.69, 9.17) is 10.5 Å². The lowest BCUT2D eigenvalue weighted by Crippen LogP contribution is -2.21. The molecule has 0 bridgehead atoms. The molecule has 1 aromatic carbocycles. The molecule has 0 radical (unpaired) electrons. The van der Waals surface area contributed by atoms with Crippen molar-refractivity contribution in [2.75, 3.05) is 12.3 Å². The van der Waals surface area contributed by atoms with Gasteiger partial charge in [0.1, 0.15) is 17.9 Å². The van der Waals surface area contributed by atoms with Crippen LogP contribution in [0.3, 0.4) is 0 Å². The van der Waals surface area contributed by atoms with Gasteiger partial charge < -0.3 is 15.0 Å². The van der Waals surface area contributed by atoms with E-state index in [-0.39, 0.29) is 6.04 Å². The Hall–Kier alpha value is -2.14. The molecule has 0 amide bonds. The van der Waals surface area contributed by atoms with E-state index in [0.717, 1.165) is 27.8 Å². The summed E-state index contributed by atoms with van der Waals surface area (Å²) < 4.78 is 7.78. The quantitative estimate of drug-likeness (QED) is 0.668. The van der Waals surface area contributed by atoms with E-state index in [1.54, 1.807) is 0 Å². The number of fused-ring (bicyclic) bond motifs is 5. The summed E-state index contributed by atoms with van der Waals surface area (Å²) in [6, 6.07) is 8.31. The molecule has 5 nitrogen and oxygen atoms in total. The minimum Gasteiger partial charge on any atom is -0.382 e. The third-order valence-electron chi connectivity index (χ3n) is 3.66. The monoisotopic (exact) mass is 254 g/mol. The largest absolute Gasteiger partial charge is 0.382 e. The smallest absolute Gasteiger partial charge is 0.152 e. The Balaban J connectivity index is 2.24. The van der Waals surface area contributed by atoms with Crippen LogP contribution in [-0.4, -0.2) is 21.1 Å². The summed E-state index contributed by atoms with van der Waals surface area (Å²) >= 11 is 0. The maximum Gasteiger partial charge on any atom is 0.152 e. The molecule has 1 aliphatic rings. The van der Waals surface area contributed by atoms with E-state index in [1.807, 2.05) is 18.2 Å². The standard InChI is InChI=1S/C14H14N4O/c1-8-6-19-7-11-17-12-13(18(8)11)9-4-2-3-5-10(9)16-14(12)15/h2-5,8H,6-7H2,1H3,(H2,15,16)/t8-/m1/s1. The predicted octanol–water partition coefficient (Wildman–Crippen LogP) is 2.26. The number of benzene rings is 1. The van der Waals surface area contributed by atoms with Crippen molar-refractivity contribution in [3.05, 3.63) is 30.1 Å². The predicted molar refractivity (Wildman–Crippen MR) is 73.8 cm³/mol. The van der Waals surface area contributed by atoms with Crippen molar-refractivity contribution in [2.24, 2.45) is 0 Å². The van der Waals surface area contributed by atoms with E-state index >= 15 is 0 Å². The van der Waals surface area contributed by atoms with Crippen molar-refractivity contribution in [3.8, 4) is 0 Å². The third kappa shape index (κ3) is 1.39. The number of hydrogen-bond acceptors (Lipinski definition) is 4. The topological polar surface area (TPSA) is 66.0 Å². The zero-order valence-corrected chi connectivity index (χ0v) is 10.6. The number of rotatable bonds is 0. The highest BCUT2D eigenvalue weighted by molar-refractivity contribution is 6.06. The fourth-order valence-electron chi connectivity index (χ4n) is 2.84. The molecule has 3 heterocycles. The van der Waals surface area contributed by atoms with Gasteiger partial charge in [0.15, 0.2) is 5.82 Å². The second kappa shape index (κ2) is 3.68. The maximum atomic E-state index is 6.05. The Labute approximate surface area is 110 Å². The van der Waals surface area contributed by atoms with Crippen molar-refractivity contribution < 1.29 is 4.74 Å². The van der Waals surface area contributed by atoms with Crippen LogP contribution < -0.4 is 5.73 Å². The SMILES string of the molecule is C[C@@H]1COCc2nc3c(N)nc4ccccc4c3n21. The van der Waals surface area contributed by atoms with E-state index in [2.05, 4.69) is 27.5 Å². The van der Waals surface area contributed by atoms with Crippen molar-refractivity contribution >= 4 is 27.8 Å². The van der Waals surface area contributed by atoms with Gasteiger partial charge in [0.25, 0.3) is 0 Å². The number of aromatic nitrogens is 3. The molecule has 0 saturated carbocycles. The van der Waals surface area contributed by atoms with Crippen LogP contribution in [0, 0.1) is 0 Å². The van der Waals surface area contributed by atoms with Crippen molar-refractivity contribution in [1.29, 1.82) is 0 Å². The zero-order chi connectivity index (χ0) is 13.0. The third-order valence-corrected chi connectivity index (χ3v) is 3.66. The van der Waals surface area contributed by atoms with Crippen LogP contribution in [0.5, 0.6) is 0 Å². The molecule has 1 atom stereocenters. The van der Waals surface area contributed by atoms with Crippen LogP contribution >= 0.6 is 0 Å². The van der Waals surface area contributed by atoms with Crippen LogP contribution in [0.1, 0.15) is 18.8 Å². The normalized spacial score (nSPS) is 18.9. The molecule has 0 unspecified atom stereocenters. The van der Waals surface area contributed by atoms with E-state index in [1.165, 1.54) is 0 Å². The average Bonchev–Trinajstić information content (AvgIpc) is 2.81. The van der Waals surface area contributed by atoms with Gasteiger partial charge in [-0.3, -0.25) is 0 Å². The molecular weight excluding hydrogens is 240 g/mol. The molecule has 5 heteroatoms. The molecule has 1 aliphatic heterocycles. The van der Waals surface area contributed by atoms with Gasteiger partial charge >= 0.3 is 0 Å². The summed E-state index contributed by atoms with van der Waals surface area (Å²) in [5.74, 6) is 1.42. The summed E-state index contributed by atoms with van der Waals surface area (Å²) in [6.45, 7) is 3.37. The van der Waals surface area contributed by atoms with Crippen LogP contribution in [0.2, 0.25) is 0 Å². The first-order chi connectivity index (χ1) is 9.25. The lowest BCUT2D eigenvalue weighted by molar-refractivity contribution is 0.0622. The van der Waals surface area contributed by atoms with Crippen LogP contribution in [0.25, 0.3) is 21.9 Å². The van der Waals surface area contributed by atoms with Gasteiger partial charge in [-0.1, -0.05) is 18.2 Å². The zero-order valence-electron chi connectivity index (χ0n) is 10.6. The molecule has 3 aromatic rings. The second-order valence-corrected chi connectivity index (χ2v) is 4.97. The molecule has 0 fully saturated rings. The first-order valence-corrected chi connectivity index (χ1v) is 6.38. The van der Waals surface area contributed by atoms with E-state index < -0.39 is 0 Å². The highest BCUT2D eigenvalue weighted by Crippen LogP contribution is 2.32. The first-order valence-electron chi connectivity index (χ1n) is 6.38. The molecular formula is C14H14N4O. The lowest BCUT2D eigenvalue weighted by Gasteiger charge is -2.23. The van der Waals surface area contributed by atoms with Gasteiger partial charge in [-0.2, -0.15) is 0 Å².